The minimum absolute atomic E-state index is 0.0747. The Hall–Kier alpha value is -3.24. The number of amides is 2. The molecular formula is C24H25N3O3S. The van der Waals surface area contributed by atoms with Crippen LogP contribution in [0.5, 0.6) is 5.75 Å². The Morgan fingerprint density at radius 1 is 1.19 bits per heavy atom. The van der Waals surface area contributed by atoms with Crippen LogP contribution in [0, 0.1) is 11.3 Å². The highest BCUT2D eigenvalue weighted by Gasteiger charge is 2.40. The number of thioether (sulfide) groups is 1. The average molecular weight is 436 g/mol. The summed E-state index contributed by atoms with van der Waals surface area (Å²) >= 11 is 1.25. The molecule has 2 amide bonds. The van der Waals surface area contributed by atoms with Gasteiger partial charge in [0.25, 0.3) is 5.91 Å². The third-order valence-electron chi connectivity index (χ3n) is 5.13. The fraction of sp³-hybridized carbons (Fsp3) is 0.292. The molecule has 7 heteroatoms. The number of rotatable bonds is 6. The van der Waals surface area contributed by atoms with Crippen LogP contribution >= 0.6 is 11.8 Å². The standard InChI is InChI=1S/C24H25N3O3S/c1-15(2)17-7-5-16(6-8-17)13-21-23(29)27(18-9-11-19(30-4)12-10-18)24(31-21)20(14-25)22(28)26-3/h5-12,15,21H,13H2,1-4H3,(H,26,28)/b24-20-. The Balaban J connectivity index is 1.98. The lowest BCUT2D eigenvalue weighted by Gasteiger charge is -2.19. The van der Waals surface area contributed by atoms with E-state index in [1.165, 1.54) is 29.3 Å². The highest BCUT2D eigenvalue weighted by atomic mass is 32.2. The fourth-order valence-electron chi connectivity index (χ4n) is 3.33. The van der Waals surface area contributed by atoms with Crippen molar-refractivity contribution in [2.45, 2.75) is 31.4 Å². The first-order valence-corrected chi connectivity index (χ1v) is 10.9. The topological polar surface area (TPSA) is 82.4 Å². The van der Waals surface area contributed by atoms with E-state index < -0.39 is 11.2 Å². The number of carbonyl (C=O) groups excluding carboxylic acids is 2. The van der Waals surface area contributed by atoms with Gasteiger partial charge in [-0.25, -0.2) is 0 Å². The highest BCUT2D eigenvalue weighted by molar-refractivity contribution is 8.05. The number of hydrogen-bond donors (Lipinski definition) is 1. The van der Waals surface area contributed by atoms with E-state index in [0.29, 0.717) is 28.8 Å². The predicted octanol–water partition coefficient (Wildman–Crippen LogP) is 3.99. The summed E-state index contributed by atoms with van der Waals surface area (Å²) in [5.74, 6) is 0.414. The molecule has 160 valence electrons. The van der Waals surface area contributed by atoms with Gasteiger partial charge in [-0.05, 0) is 47.7 Å². The Kier molecular flexibility index (Phi) is 7.03. The number of nitrogens with one attached hydrogen (secondary N) is 1. The maximum Gasteiger partial charge on any atom is 0.264 e. The van der Waals surface area contributed by atoms with E-state index in [2.05, 4.69) is 31.3 Å². The molecule has 0 aromatic heterocycles. The molecule has 1 atom stereocenters. The van der Waals surface area contributed by atoms with Crippen molar-refractivity contribution in [1.82, 2.24) is 5.32 Å². The summed E-state index contributed by atoms with van der Waals surface area (Å²) < 4.78 is 5.20. The molecule has 3 rings (SSSR count). The maximum atomic E-state index is 13.4. The van der Waals surface area contributed by atoms with Crippen LogP contribution in [0.3, 0.4) is 0 Å². The van der Waals surface area contributed by atoms with Gasteiger partial charge in [0.15, 0.2) is 0 Å². The maximum absolute atomic E-state index is 13.4. The van der Waals surface area contributed by atoms with Crippen molar-refractivity contribution >= 4 is 29.3 Å². The van der Waals surface area contributed by atoms with Crippen molar-refractivity contribution in [1.29, 1.82) is 5.26 Å². The number of hydrogen-bond acceptors (Lipinski definition) is 5. The SMILES string of the molecule is CNC(=O)/C(C#N)=C1\SC(Cc2ccc(C(C)C)cc2)C(=O)N1c1ccc(OC)cc1. The molecule has 1 fully saturated rings. The molecule has 1 aliphatic rings. The predicted molar refractivity (Wildman–Crippen MR) is 123 cm³/mol. The molecule has 1 N–H and O–H groups in total. The number of benzene rings is 2. The van der Waals surface area contributed by atoms with Crippen LogP contribution in [-0.2, 0) is 16.0 Å². The summed E-state index contributed by atoms with van der Waals surface area (Å²) in [5, 5.41) is 12.0. The molecule has 0 aliphatic carbocycles. The molecule has 1 unspecified atom stereocenters. The number of likely N-dealkylation sites (N-methyl/N-ethyl adjacent to an activating group) is 1. The third kappa shape index (κ3) is 4.75. The van der Waals surface area contributed by atoms with Crippen LogP contribution in [0.1, 0.15) is 30.9 Å². The van der Waals surface area contributed by atoms with E-state index in [1.807, 2.05) is 18.2 Å². The van der Waals surface area contributed by atoms with E-state index in [0.717, 1.165) is 5.56 Å². The van der Waals surface area contributed by atoms with E-state index in [-0.39, 0.29) is 11.5 Å². The van der Waals surface area contributed by atoms with Crippen LogP contribution in [0.15, 0.2) is 59.1 Å². The zero-order valence-electron chi connectivity index (χ0n) is 18.0. The summed E-state index contributed by atoms with van der Waals surface area (Å²) in [7, 11) is 3.03. The zero-order chi connectivity index (χ0) is 22.5. The number of ether oxygens (including phenoxy) is 1. The number of anilines is 1. The minimum Gasteiger partial charge on any atom is -0.497 e. The summed E-state index contributed by atoms with van der Waals surface area (Å²) in [4.78, 5) is 27.2. The number of carbonyl (C=O) groups is 2. The monoisotopic (exact) mass is 435 g/mol. The van der Waals surface area contributed by atoms with E-state index >= 15 is 0 Å². The van der Waals surface area contributed by atoms with Gasteiger partial charge in [-0.15, -0.1) is 0 Å². The quantitative estimate of drug-likeness (QED) is 0.548. The molecule has 1 heterocycles. The average Bonchev–Trinajstić information content (AvgIpc) is 3.10. The molecule has 1 saturated heterocycles. The lowest BCUT2D eigenvalue weighted by Crippen LogP contribution is -2.31. The van der Waals surface area contributed by atoms with Gasteiger partial charge in [-0.1, -0.05) is 49.9 Å². The first-order valence-electron chi connectivity index (χ1n) is 9.99. The Morgan fingerprint density at radius 3 is 2.35 bits per heavy atom. The van der Waals surface area contributed by atoms with Crippen molar-refractivity contribution in [2.75, 3.05) is 19.1 Å². The Labute approximate surface area is 186 Å². The van der Waals surface area contributed by atoms with Crippen molar-refractivity contribution < 1.29 is 14.3 Å². The van der Waals surface area contributed by atoms with E-state index in [1.54, 1.807) is 31.4 Å². The molecular weight excluding hydrogens is 410 g/mol. The van der Waals surface area contributed by atoms with Crippen molar-refractivity contribution in [2.24, 2.45) is 0 Å². The van der Waals surface area contributed by atoms with Crippen LogP contribution in [0.4, 0.5) is 5.69 Å². The van der Waals surface area contributed by atoms with Gasteiger partial charge >= 0.3 is 0 Å². The molecule has 2 aromatic rings. The summed E-state index contributed by atoms with van der Waals surface area (Å²) in [6.45, 7) is 4.27. The molecule has 31 heavy (non-hydrogen) atoms. The Bertz CT molecular complexity index is 1040. The molecule has 2 aromatic carbocycles. The summed E-state index contributed by atoms with van der Waals surface area (Å²) in [6.07, 6.45) is 0.504. The second-order valence-electron chi connectivity index (χ2n) is 7.45. The van der Waals surface area contributed by atoms with Gasteiger partial charge in [0.05, 0.1) is 12.4 Å². The van der Waals surface area contributed by atoms with E-state index in [4.69, 9.17) is 4.74 Å². The second kappa shape index (κ2) is 9.71. The first-order chi connectivity index (χ1) is 14.9. The van der Waals surface area contributed by atoms with Gasteiger partial charge in [-0.3, -0.25) is 14.5 Å². The van der Waals surface area contributed by atoms with Gasteiger partial charge in [0.2, 0.25) is 5.91 Å². The number of methoxy groups -OCH3 is 1. The summed E-state index contributed by atoms with van der Waals surface area (Å²) in [5.41, 5.74) is 2.78. The van der Waals surface area contributed by atoms with Gasteiger partial charge in [0.1, 0.15) is 22.4 Å². The van der Waals surface area contributed by atoms with Crippen molar-refractivity contribution in [3.05, 3.63) is 70.3 Å². The van der Waals surface area contributed by atoms with Crippen LogP contribution < -0.4 is 15.0 Å². The van der Waals surface area contributed by atoms with Crippen LogP contribution in [0.2, 0.25) is 0 Å². The molecule has 6 nitrogen and oxygen atoms in total. The molecule has 1 aliphatic heterocycles. The van der Waals surface area contributed by atoms with Gasteiger partial charge in [-0.2, -0.15) is 5.26 Å². The first kappa shape index (κ1) is 22.4. The van der Waals surface area contributed by atoms with Crippen molar-refractivity contribution in [3.8, 4) is 11.8 Å². The minimum atomic E-state index is -0.516. The zero-order valence-corrected chi connectivity index (χ0v) is 18.8. The third-order valence-corrected chi connectivity index (χ3v) is 6.39. The smallest absolute Gasteiger partial charge is 0.264 e. The fourth-order valence-corrected chi connectivity index (χ4v) is 4.64. The van der Waals surface area contributed by atoms with Crippen molar-refractivity contribution in [3.63, 3.8) is 0 Å². The highest BCUT2D eigenvalue weighted by Crippen LogP contribution is 2.42. The van der Waals surface area contributed by atoms with Crippen LogP contribution in [-0.4, -0.2) is 31.2 Å². The van der Waals surface area contributed by atoms with E-state index in [9.17, 15) is 14.9 Å². The molecule has 0 spiro atoms. The summed E-state index contributed by atoms with van der Waals surface area (Å²) in [6, 6.07) is 17.2. The molecule has 0 bridgehead atoms. The Morgan fingerprint density at radius 2 is 1.84 bits per heavy atom. The number of nitrogens with zero attached hydrogens (tertiary/aromatic N) is 2. The lowest BCUT2D eigenvalue weighted by molar-refractivity contribution is -0.117. The van der Waals surface area contributed by atoms with Gasteiger partial charge < -0.3 is 10.1 Å². The molecule has 0 saturated carbocycles. The second-order valence-corrected chi connectivity index (χ2v) is 8.64. The van der Waals surface area contributed by atoms with Crippen LogP contribution in [0.25, 0.3) is 0 Å². The lowest BCUT2D eigenvalue weighted by atomic mass is 10.00. The normalized spacial score (nSPS) is 17.5. The van der Waals surface area contributed by atoms with Gasteiger partial charge in [0, 0.05) is 12.7 Å². The largest absolute Gasteiger partial charge is 0.497 e. The number of nitriles is 1. The molecule has 0 radical (unpaired) electrons.